The van der Waals surface area contributed by atoms with E-state index in [4.69, 9.17) is 23.7 Å². The quantitative estimate of drug-likeness (QED) is 0.215. The predicted octanol–water partition coefficient (Wildman–Crippen LogP) is 5.18. The van der Waals surface area contributed by atoms with Gasteiger partial charge >= 0.3 is 0 Å². The Kier molecular flexibility index (Phi) is 13.0. The summed E-state index contributed by atoms with van der Waals surface area (Å²) in [4.78, 5) is 29.8. The van der Waals surface area contributed by atoms with Crippen LogP contribution in [0.4, 0.5) is 5.69 Å². The molecule has 49 heavy (non-hydrogen) atoms. The van der Waals surface area contributed by atoms with Gasteiger partial charge in [0.25, 0.3) is 10.0 Å². The molecule has 0 spiro atoms. The summed E-state index contributed by atoms with van der Waals surface area (Å²) in [6.07, 6.45) is 5.25. The average Bonchev–Trinajstić information content (AvgIpc) is 3.13. The van der Waals surface area contributed by atoms with Crippen molar-refractivity contribution in [3.63, 3.8) is 0 Å². The summed E-state index contributed by atoms with van der Waals surface area (Å²) < 4.78 is 57.1. The molecule has 0 aromatic heterocycles. The van der Waals surface area contributed by atoms with Crippen LogP contribution in [-0.2, 0) is 26.2 Å². The van der Waals surface area contributed by atoms with Crippen molar-refractivity contribution >= 4 is 27.5 Å². The number of ether oxygens (including phenoxy) is 5. The van der Waals surface area contributed by atoms with Crippen LogP contribution in [0.3, 0.4) is 0 Å². The van der Waals surface area contributed by atoms with Crippen molar-refractivity contribution in [3.05, 3.63) is 66.2 Å². The number of hydrogen-bond acceptors (Lipinski definition) is 9. The van der Waals surface area contributed by atoms with E-state index in [9.17, 15) is 18.0 Å². The maximum Gasteiger partial charge on any atom is 0.265 e. The van der Waals surface area contributed by atoms with Gasteiger partial charge in [-0.25, -0.2) is 8.42 Å². The third kappa shape index (κ3) is 8.88. The molecule has 12 nitrogen and oxygen atoms in total. The van der Waals surface area contributed by atoms with E-state index in [-0.39, 0.29) is 40.6 Å². The highest BCUT2D eigenvalue weighted by Gasteiger charge is 2.36. The third-order valence-electron chi connectivity index (χ3n) is 8.73. The molecule has 4 rings (SSSR count). The number of carbonyl (C=O) groups is 2. The minimum absolute atomic E-state index is 0.0243. The van der Waals surface area contributed by atoms with Crippen molar-refractivity contribution < 1.29 is 41.7 Å². The van der Waals surface area contributed by atoms with E-state index in [1.165, 1.54) is 57.6 Å². The van der Waals surface area contributed by atoms with E-state index in [0.717, 1.165) is 42.0 Å². The van der Waals surface area contributed by atoms with Crippen LogP contribution in [-0.4, -0.2) is 79.3 Å². The fourth-order valence-corrected chi connectivity index (χ4v) is 7.43. The summed E-state index contributed by atoms with van der Waals surface area (Å²) >= 11 is 0. The molecule has 1 N–H and O–H groups in total. The molecule has 3 aromatic carbocycles. The summed E-state index contributed by atoms with van der Waals surface area (Å²) in [7, 11) is 2.82. The fourth-order valence-electron chi connectivity index (χ4n) is 6.00. The standard InChI is InChI=1S/C36H47N3O9S/c1-7-30(36(41)37-26-11-9-8-10-12-26)38(23-25-13-15-27(44-2)16-14-25)35(40)24-39(31-21-28(45-3)17-19-32(31)46-4)49(42,43)29-18-20-33(47-5)34(22-29)48-6/h13-22,26,30H,7-12,23-24H2,1-6H3,(H,37,41)/t30-/m0/s1. The van der Waals surface area contributed by atoms with Gasteiger partial charge in [-0.15, -0.1) is 0 Å². The number of rotatable bonds is 16. The van der Waals surface area contributed by atoms with Crippen molar-refractivity contribution in [1.29, 1.82) is 0 Å². The SMILES string of the molecule is CC[C@@H](C(=O)NC1CCCCC1)N(Cc1ccc(OC)cc1)C(=O)CN(c1cc(OC)ccc1OC)S(=O)(=O)c1ccc(OC)c(OC)c1. The van der Waals surface area contributed by atoms with Crippen LogP contribution in [0, 0.1) is 0 Å². The van der Waals surface area contributed by atoms with Crippen LogP contribution < -0.4 is 33.3 Å². The number of benzene rings is 3. The van der Waals surface area contributed by atoms with Crippen LogP contribution >= 0.6 is 0 Å². The summed E-state index contributed by atoms with van der Waals surface area (Å²) in [5, 5.41) is 3.16. The lowest BCUT2D eigenvalue weighted by molar-refractivity contribution is -0.140. The number of nitrogens with zero attached hydrogens (tertiary/aromatic N) is 2. The van der Waals surface area contributed by atoms with E-state index in [1.54, 1.807) is 31.4 Å². The Labute approximate surface area is 289 Å². The number of hydrogen-bond donors (Lipinski definition) is 1. The molecule has 1 saturated carbocycles. The fraction of sp³-hybridized carbons (Fsp3) is 0.444. The Bertz CT molecular complexity index is 1680. The molecule has 0 radical (unpaired) electrons. The first-order valence-electron chi connectivity index (χ1n) is 16.3. The van der Waals surface area contributed by atoms with Gasteiger partial charge < -0.3 is 33.9 Å². The number of nitrogens with one attached hydrogen (secondary N) is 1. The molecule has 0 unspecified atom stereocenters. The Morgan fingerprint density at radius 2 is 1.39 bits per heavy atom. The maximum absolute atomic E-state index is 14.6. The van der Waals surface area contributed by atoms with Gasteiger partial charge in [0.1, 0.15) is 29.8 Å². The van der Waals surface area contributed by atoms with Crippen molar-refractivity contribution in [3.8, 4) is 28.7 Å². The second-order valence-corrected chi connectivity index (χ2v) is 13.6. The van der Waals surface area contributed by atoms with Crippen LogP contribution in [0.25, 0.3) is 0 Å². The van der Waals surface area contributed by atoms with Crippen molar-refractivity contribution in [2.24, 2.45) is 0 Å². The Morgan fingerprint density at radius 3 is 1.98 bits per heavy atom. The van der Waals surface area contributed by atoms with Crippen molar-refractivity contribution in [2.45, 2.75) is 69.0 Å². The van der Waals surface area contributed by atoms with E-state index in [0.29, 0.717) is 23.7 Å². The lowest BCUT2D eigenvalue weighted by Crippen LogP contribution is -2.54. The molecule has 1 aliphatic rings. The molecule has 13 heteroatoms. The first kappa shape index (κ1) is 37.2. The monoisotopic (exact) mass is 697 g/mol. The van der Waals surface area contributed by atoms with Crippen molar-refractivity contribution in [2.75, 3.05) is 46.4 Å². The number of carbonyl (C=O) groups excluding carboxylic acids is 2. The Balaban J connectivity index is 1.81. The molecule has 0 saturated heterocycles. The highest BCUT2D eigenvalue weighted by Crippen LogP contribution is 2.38. The first-order chi connectivity index (χ1) is 23.6. The zero-order valence-corrected chi connectivity index (χ0v) is 29.9. The number of amides is 2. The number of methoxy groups -OCH3 is 5. The molecular weight excluding hydrogens is 650 g/mol. The lowest BCUT2D eigenvalue weighted by Gasteiger charge is -2.34. The second kappa shape index (κ2) is 17.1. The van der Waals surface area contributed by atoms with E-state index in [2.05, 4.69) is 5.32 Å². The van der Waals surface area contributed by atoms with Gasteiger partial charge in [-0.3, -0.25) is 13.9 Å². The van der Waals surface area contributed by atoms with E-state index >= 15 is 0 Å². The minimum Gasteiger partial charge on any atom is -0.497 e. The molecule has 1 aliphatic carbocycles. The first-order valence-corrected chi connectivity index (χ1v) is 17.7. The second-order valence-electron chi connectivity index (χ2n) is 11.7. The van der Waals surface area contributed by atoms with Gasteiger partial charge in [-0.2, -0.15) is 0 Å². The molecule has 3 aromatic rings. The molecule has 266 valence electrons. The summed E-state index contributed by atoms with van der Waals surface area (Å²) in [6.45, 7) is 1.24. The predicted molar refractivity (Wildman–Crippen MR) is 186 cm³/mol. The smallest absolute Gasteiger partial charge is 0.265 e. The molecule has 1 atom stereocenters. The van der Waals surface area contributed by atoms with E-state index < -0.39 is 28.5 Å². The van der Waals surface area contributed by atoms with Crippen LogP contribution in [0.15, 0.2) is 65.6 Å². The Morgan fingerprint density at radius 1 is 0.776 bits per heavy atom. The normalized spacial score (nSPS) is 13.9. The van der Waals surface area contributed by atoms with Gasteiger partial charge in [-0.1, -0.05) is 38.3 Å². The number of anilines is 1. The highest BCUT2D eigenvalue weighted by atomic mass is 32.2. The van der Waals surface area contributed by atoms with Gasteiger partial charge in [0.05, 0.1) is 46.1 Å². The molecule has 1 fully saturated rings. The maximum atomic E-state index is 14.6. The zero-order valence-electron chi connectivity index (χ0n) is 29.1. The molecule has 0 aliphatic heterocycles. The van der Waals surface area contributed by atoms with Gasteiger partial charge in [0, 0.05) is 24.7 Å². The van der Waals surface area contributed by atoms with Gasteiger partial charge in [0.2, 0.25) is 11.8 Å². The summed E-state index contributed by atoms with van der Waals surface area (Å²) in [5.74, 6) is 0.856. The minimum atomic E-state index is -4.46. The molecule has 0 heterocycles. The van der Waals surface area contributed by atoms with E-state index in [1.807, 2.05) is 19.1 Å². The van der Waals surface area contributed by atoms with Gasteiger partial charge in [-0.05, 0) is 61.2 Å². The molecular formula is C36H47N3O9S. The van der Waals surface area contributed by atoms with Gasteiger partial charge in [0.15, 0.2) is 11.5 Å². The average molecular weight is 698 g/mol. The zero-order chi connectivity index (χ0) is 35.6. The Hall–Kier alpha value is -4.65. The van der Waals surface area contributed by atoms with Crippen LogP contribution in [0.5, 0.6) is 28.7 Å². The summed E-state index contributed by atoms with van der Waals surface area (Å²) in [6, 6.07) is 15.2. The highest BCUT2D eigenvalue weighted by molar-refractivity contribution is 7.92. The lowest BCUT2D eigenvalue weighted by atomic mass is 9.95. The van der Waals surface area contributed by atoms with Crippen molar-refractivity contribution in [1.82, 2.24) is 10.2 Å². The topological polar surface area (TPSA) is 133 Å². The van der Waals surface area contributed by atoms with Crippen LogP contribution in [0.2, 0.25) is 0 Å². The molecule has 2 amide bonds. The number of sulfonamides is 1. The third-order valence-corrected chi connectivity index (χ3v) is 10.5. The van der Waals surface area contributed by atoms with Crippen LogP contribution in [0.1, 0.15) is 51.0 Å². The molecule has 0 bridgehead atoms. The largest absolute Gasteiger partial charge is 0.497 e. The summed E-state index contributed by atoms with van der Waals surface area (Å²) in [5.41, 5.74) is 0.820.